The number of ether oxygens (including phenoxy) is 1. The van der Waals surface area contributed by atoms with Gasteiger partial charge in [-0.05, 0) is 42.5 Å². The fourth-order valence-electron chi connectivity index (χ4n) is 2.87. The Hall–Kier alpha value is -1.26. The van der Waals surface area contributed by atoms with Crippen LogP contribution < -0.4 is 15.4 Å². The van der Waals surface area contributed by atoms with E-state index in [9.17, 15) is 4.79 Å². The zero-order valence-electron chi connectivity index (χ0n) is 13.6. The maximum absolute atomic E-state index is 12.1. The Balaban J connectivity index is 0.00000242. The number of piperidine rings is 1. The molecule has 1 fully saturated rings. The molecule has 1 aromatic rings. The molecule has 0 aromatic heterocycles. The lowest BCUT2D eigenvalue weighted by atomic mass is 9.77. The molecular weight excluding hydrogens is 300 g/mol. The quantitative estimate of drug-likeness (QED) is 0.874. The van der Waals surface area contributed by atoms with Gasteiger partial charge in [0.1, 0.15) is 5.75 Å². The molecule has 1 aliphatic rings. The summed E-state index contributed by atoms with van der Waals surface area (Å²) in [6.45, 7) is 6.26. The largest absolute Gasteiger partial charge is 0.497 e. The van der Waals surface area contributed by atoms with Crippen molar-refractivity contribution < 1.29 is 9.53 Å². The van der Waals surface area contributed by atoms with E-state index in [1.165, 1.54) is 12.8 Å². The number of halogens is 1. The zero-order valence-corrected chi connectivity index (χ0v) is 14.5. The van der Waals surface area contributed by atoms with Crippen LogP contribution in [-0.2, 0) is 11.2 Å². The maximum Gasteiger partial charge on any atom is 0.224 e. The average molecular weight is 327 g/mol. The fraction of sp³-hybridized carbons (Fsp3) is 0.588. The number of hydrogen-bond acceptors (Lipinski definition) is 3. The van der Waals surface area contributed by atoms with E-state index in [1.807, 2.05) is 24.3 Å². The molecule has 0 saturated carbocycles. The molecule has 0 aliphatic carbocycles. The van der Waals surface area contributed by atoms with Crippen molar-refractivity contribution in [2.75, 3.05) is 20.2 Å². The third-order valence-corrected chi connectivity index (χ3v) is 4.33. The lowest BCUT2D eigenvalue weighted by Gasteiger charge is -2.39. The van der Waals surface area contributed by atoms with Gasteiger partial charge in [0.2, 0.25) is 5.91 Å². The summed E-state index contributed by atoms with van der Waals surface area (Å²) < 4.78 is 5.18. The van der Waals surface area contributed by atoms with E-state index >= 15 is 0 Å². The number of rotatable bonds is 5. The topological polar surface area (TPSA) is 50.4 Å². The second-order valence-corrected chi connectivity index (χ2v) is 6.43. The molecule has 124 valence electrons. The van der Waals surface area contributed by atoms with Crippen molar-refractivity contribution in [3.05, 3.63) is 29.8 Å². The molecule has 2 rings (SSSR count). The van der Waals surface area contributed by atoms with Crippen LogP contribution in [0.3, 0.4) is 0 Å². The molecule has 2 N–H and O–H groups in total. The van der Waals surface area contributed by atoms with Crippen molar-refractivity contribution in [3.63, 3.8) is 0 Å². The van der Waals surface area contributed by atoms with Crippen molar-refractivity contribution in [1.82, 2.24) is 10.6 Å². The van der Waals surface area contributed by atoms with Gasteiger partial charge in [0, 0.05) is 12.6 Å². The van der Waals surface area contributed by atoms with E-state index in [-0.39, 0.29) is 23.7 Å². The fourth-order valence-corrected chi connectivity index (χ4v) is 2.87. The van der Waals surface area contributed by atoms with Crippen LogP contribution in [0.4, 0.5) is 0 Å². The number of benzene rings is 1. The Kier molecular flexibility index (Phi) is 7.17. The third-order valence-electron chi connectivity index (χ3n) is 4.33. The van der Waals surface area contributed by atoms with Gasteiger partial charge in [-0.25, -0.2) is 0 Å². The highest BCUT2D eigenvalue weighted by Gasteiger charge is 2.31. The van der Waals surface area contributed by atoms with Crippen molar-refractivity contribution in [2.45, 2.75) is 39.2 Å². The third kappa shape index (κ3) is 5.18. The summed E-state index contributed by atoms with van der Waals surface area (Å²) in [5.74, 6) is 0.849. The summed E-state index contributed by atoms with van der Waals surface area (Å²) >= 11 is 0. The second kappa shape index (κ2) is 8.39. The molecule has 1 atom stereocenters. The molecule has 0 radical (unpaired) electrons. The molecule has 22 heavy (non-hydrogen) atoms. The van der Waals surface area contributed by atoms with E-state index in [0.717, 1.165) is 17.9 Å². The molecular formula is C17H27ClN2O2. The number of carbonyl (C=O) groups is 1. The van der Waals surface area contributed by atoms with Crippen LogP contribution in [0.2, 0.25) is 0 Å². The Morgan fingerprint density at radius 1 is 1.45 bits per heavy atom. The zero-order chi connectivity index (χ0) is 15.3. The predicted molar refractivity (Wildman–Crippen MR) is 91.8 cm³/mol. The predicted octanol–water partition coefficient (Wildman–Crippen LogP) is 2.55. The molecule has 1 aliphatic heterocycles. The van der Waals surface area contributed by atoms with E-state index in [2.05, 4.69) is 24.5 Å². The first-order valence-corrected chi connectivity index (χ1v) is 7.64. The standard InChI is InChI=1S/C17H26N2O2.ClH/c1-17(2)8-5-9-18-15(17)12-19-16(20)11-13-6-4-7-14(10-13)21-3;/h4,6-7,10,15,18H,5,8-9,11-12H2,1-3H3,(H,19,20);1H. The van der Waals surface area contributed by atoms with Gasteiger partial charge in [0.05, 0.1) is 13.5 Å². The smallest absolute Gasteiger partial charge is 0.224 e. The molecule has 0 spiro atoms. The monoisotopic (exact) mass is 326 g/mol. The minimum absolute atomic E-state index is 0. The molecule has 0 bridgehead atoms. The van der Waals surface area contributed by atoms with E-state index in [1.54, 1.807) is 7.11 Å². The summed E-state index contributed by atoms with van der Waals surface area (Å²) in [6.07, 6.45) is 2.81. The van der Waals surface area contributed by atoms with Crippen molar-refractivity contribution in [3.8, 4) is 5.75 Å². The first-order chi connectivity index (χ1) is 10.0. The summed E-state index contributed by atoms with van der Waals surface area (Å²) in [6, 6.07) is 8.00. The van der Waals surface area contributed by atoms with Crippen LogP contribution in [0.1, 0.15) is 32.3 Å². The van der Waals surface area contributed by atoms with Crippen molar-refractivity contribution >= 4 is 18.3 Å². The summed E-state index contributed by atoms with van der Waals surface area (Å²) in [4.78, 5) is 12.1. The van der Waals surface area contributed by atoms with E-state index < -0.39 is 0 Å². The molecule has 4 nitrogen and oxygen atoms in total. The number of methoxy groups -OCH3 is 1. The minimum atomic E-state index is 0. The maximum atomic E-state index is 12.1. The lowest BCUT2D eigenvalue weighted by molar-refractivity contribution is -0.120. The first kappa shape index (κ1) is 18.8. The summed E-state index contributed by atoms with van der Waals surface area (Å²) in [7, 11) is 1.63. The highest BCUT2D eigenvalue weighted by Crippen LogP contribution is 2.29. The molecule has 1 unspecified atom stereocenters. The molecule has 1 heterocycles. The Bertz CT molecular complexity index is 491. The van der Waals surface area contributed by atoms with Crippen LogP contribution in [0, 0.1) is 5.41 Å². The average Bonchev–Trinajstić information content (AvgIpc) is 2.46. The number of carbonyl (C=O) groups excluding carboxylic acids is 1. The molecule has 5 heteroatoms. The minimum Gasteiger partial charge on any atom is -0.497 e. The Morgan fingerprint density at radius 2 is 2.23 bits per heavy atom. The SMILES string of the molecule is COc1cccc(CC(=O)NCC2NCCCC2(C)C)c1.Cl. The molecule has 1 amide bonds. The molecule has 1 saturated heterocycles. The lowest BCUT2D eigenvalue weighted by Crippen LogP contribution is -2.52. The van der Waals surface area contributed by atoms with Crippen molar-refractivity contribution in [1.29, 1.82) is 0 Å². The van der Waals surface area contributed by atoms with E-state index in [0.29, 0.717) is 19.0 Å². The van der Waals surface area contributed by atoms with Gasteiger partial charge < -0.3 is 15.4 Å². The number of hydrogen-bond donors (Lipinski definition) is 2. The number of amides is 1. The van der Waals surface area contributed by atoms with Gasteiger partial charge >= 0.3 is 0 Å². The Morgan fingerprint density at radius 3 is 2.91 bits per heavy atom. The van der Waals surface area contributed by atoms with Crippen LogP contribution in [0.25, 0.3) is 0 Å². The van der Waals surface area contributed by atoms with Gasteiger partial charge in [-0.3, -0.25) is 4.79 Å². The van der Waals surface area contributed by atoms with Crippen molar-refractivity contribution in [2.24, 2.45) is 5.41 Å². The van der Waals surface area contributed by atoms with Crippen LogP contribution in [0.15, 0.2) is 24.3 Å². The highest BCUT2D eigenvalue weighted by atomic mass is 35.5. The molecule has 1 aromatic carbocycles. The van der Waals surface area contributed by atoms with Crippen LogP contribution in [0.5, 0.6) is 5.75 Å². The summed E-state index contributed by atoms with van der Waals surface area (Å²) in [5.41, 5.74) is 1.21. The van der Waals surface area contributed by atoms with Crippen LogP contribution >= 0.6 is 12.4 Å². The Labute approximate surface area is 139 Å². The second-order valence-electron chi connectivity index (χ2n) is 6.43. The van der Waals surface area contributed by atoms with Crippen LogP contribution in [-0.4, -0.2) is 32.1 Å². The highest BCUT2D eigenvalue weighted by molar-refractivity contribution is 5.85. The number of nitrogens with one attached hydrogen (secondary N) is 2. The first-order valence-electron chi connectivity index (χ1n) is 7.64. The van der Waals surface area contributed by atoms with Gasteiger partial charge in [-0.1, -0.05) is 26.0 Å². The van der Waals surface area contributed by atoms with Gasteiger partial charge in [0.25, 0.3) is 0 Å². The normalized spacial score (nSPS) is 19.9. The van der Waals surface area contributed by atoms with Gasteiger partial charge in [-0.2, -0.15) is 0 Å². The van der Waals surface area contributed by atoms with Gasteiger partial charge in [-0.15, -0.1) is 12.4 Å². The van der Waals surface area contributed by atoms with Gasteiger partial charge in [0.15, 0.2) is 0 Å². The van der Waals surface area contributed by atoms with E-state index in [4.69, 9.17) is 4.74 Å². The summed E-state index contributed by atoms with van der Waals surface area (Å²) in [5, 5.41) is 6.56.